The first-order valence-electron chi connectivity index (χ1n) is 6.64. The van der Waals surface area contributed by atoms with Gasteiger partial charge in [-0.3, -0.25) is 4.98 Å². The third-order valence-corrected chi connectivity index (χ3v) is 4.45. The molecule has 22 heavy (non-hydrogen) atoms. The zero-order chi connectivity index (χ0) is 16.2. The highest BCUT2D eigenvalue weighted by molar-refractivity contribution is 7.89. The monoisotopic (exact) mass is 320 g/mol. The second-order valence-electron chi connectivity index (χ2n) is 4.41. The number of hydrogen-bond acceptors (Lipinski definition) is 5. The Bertz CT molecular complexity index is 770. The lowest BCUT2D eigenvalue weighted by Crippen LogP contribution is -2.18. The summed E-state index contributed by atoms with van der Waals surface area (Å²) in [7, 11) is -2.11. The van der Waals surface area contributed by atoms with Gasteiger partial charge in [0, 0.05) is 18.0 Å². The Balaban J connectivity index is 2.33. The summed E-state index contributed by atoms with van der Waals surface area (Å²) in [4.78, 5) is 15.9. The molecule has 0 unspecified atom stereocenters. The van der Waals surface area contributed by atoms with Crippen molar-refractivity contribution in [2.75, 3.05) is 13.7 Å². The Morgan fingerprint density at radius 1 is 1.18 bits per heavy atom. The molecule has 2 rings (SSSR count). The molecule has 0 radical (unpaired) electrons. The van der Waals surface area contributed by atoms with E-state index < -0.39 is 16.0 Å². The van der Waals surface area contributed by atoms with E-state index in [0.717, 1.165) is 5.56 Å². The van der Waals surface area contributed by atoms with E-state index in [1.165, 1.54) is 25.4 Å². The summed E-state index contributed by atoms with van der Waals surface area (Å²) in [5.41, 5.74) is 1.82. The predicted molar refractivity (Wildman–Crippen MR) is 81.9 cm³/mol. The van der Waals surface area contributed by atoms with E-state index in [9.17, 15) is 13.2 Å². The summed E-state index contributed by atoms with van der Waals surface area (Å²) >= 11 is 0. The summed E-state index contributed by atoms with van der Waals surface area (Å²) < 4.78 is 30.5. The average molecular weight is 320 g/mol. The molecule has 1 aromatic heterocycles. The van der Waals surface area contributed by atoms with E-state index in [1.807, 2.05) is 0 Å². The molecular formula is C15H16N2O4S. The van der Waals surface area contributed by atoms with Crippen LogP contribution in [-0.2, 0) is 14.8 Å². The van der Waals surface area contributed by atoms with Gasteiger partial charge in [-0.2, -0.15) is 0 Å². The van der Waals surface area contributed by atoms with Gasteiger partial charge in [-0.25, -0.2) is 17.9 Å². The first-order chi connectivity index (χ1) is 10.5. The molecule has 0 aliphatic rings. The van der Waals surface area contributed by atoms with Gasteiger partial charge in [-0.15, -0.1) is 0 Å². The van der Waals surface area contributed by atoms with Gasteiger partial charge < -0.3 is 4.74 Å². The van der Waals surface area contributed by atoms with E-state index in [0.29, 0.717) is 17.7 Å². The number of benzene rings is 1. The van der Waals surface area contributed by atoms with E-state index in [4.69, 9.17) is 4.74 Å². The van der Waals surface area contributed by atoms with Gasteiger partial charge in [0.05, 0.1) is 17.1 Å². The van der Waals surface area contributed by atoms with E-state index >= 15 is 0 Å². The summed E-state index contributed by atoms with van der Waals surface area (Å²) in [6, 6.07) is 7.98. The fourth-order valence-electron chi connectivity index (χ4n) is 1.87. The maximum Gasteiger partial charge on any atom is 0.339 e. The molecule has 7 heteroatoms. The van der Waals surface area contributed by atoms with Gasteiger partial charge in [-0.05, 0) is 37.7 Å². The summed E-state index contributed by atoms with van der Waals surface area (Å²) in [6.45, 7) is 2.02. The molecule has 1 aromatic carbocycles. The van der Waals surface area contributed by atoms with Crippen LogP contribution in [0.15, 0.2) is 47.6 Å². The SMILES string of the molecule is CCOC(=O)c1cncc(-c2ccc(S(=O)(=O)NC)cc2)c1. The number of sulfonamides is 1. The molecule has 6 nitrogen and oxygen atoms in total. The number of nitrogens with one attached hydrogen (secondary N) is 1. The van der Waals surface area contributed by atoms with Crippen molar-refractivity contribution in [2.24, 2.45) is 0 Å². The highest BCUT2D eigenvalue weighted by Crippen LogP contribution is 2.21. The fraction of sp³-hybridized carbons (Fsp3) is 0.200. The Hall–Kier alpha value is -2.25. The zero-order valence-electron chi connectivity index (χ0n) is 12.2. The van der Waals surface area contributed by atoms with Crippen molar-refractivity contribution in [1.29, 1.82) is 0 Å². The van der Waals surface area contributed by atoms with Crippen molar-refractivity contribution in [2.45, 2.75) is 11.8 Å². The molecule has 1 heterocycles. The number of hydrogen-bond donors (Lipinski definition) is 1. The third kappa shape index (κ3) is 3.49. The maximum absolute atomic E-state index is 11.7. The second-order valence-corrected chi connectivity index (χ2v) is 6.30. The Morgan fingerprint density at radius 3 is 2.45 bits per heavy atom. The molecule has 0 bridgehead atoms. The van der Waals surface area contributed by atoms with Crippen LogP contribution in [0.3, 0.4) is 0 Å². The van der Waals surface area contributed by atoms with Crippen LogP contribution in [0.2, 0.25) is 0 Å². The minimum absolute atomic E-state index is 0.174. The fourth-order valence-corrected chi connectivity index (χ4v) is 2.60. The quantitative estimate of drug-likeness (QED) is 0.850. The van der Waals surface area contributed by atoms with Crippen molar-refractivity contribution >= 4 is 16.0 Å². The Morgan fingerprint density at radius 2 is 1.86 bits per heavy atom. The lowest BCUT2D eigenvalue weighted by atomic mass is 10.1. The smallest absolute Gasteiger partial charge is 0.339 e. The number of carbonyl (C=O) groups is 1. The second kappa shape index (κ2) is 6.67. The first kappa shape index (κ1) is 16.1. The van der Waals surface area contributed by atoms with Gasteiger partial charge in [0.25, 0.3) is 0 Å². The lowest BCUT2D eigenvalue weighted by Gasteiger charge is -2.06. The van der Waals surface area contributed by atoms with Gasteiger partial charge in [0.1, 0.15) is 0 Å². The van der Waals surface area contributed by atoms with Crippen LogP contribution < -0.4 is 4.72 Å². The highest BCUT2D eigenvalue weighted by atomic mass is 32.2. The number of carbonyl (C=O) groups excluding carboxylic acids is 1. The summed E-state index contributed by atoms with van der Waals surface area (Å²) in [6.07, 6.45) is 3.03. The van der Waals surface area contributed by atoms with Crippen molar-refractivity contribution in [3.8, 4) is 11.1 Å². The van der Waals surface area contributed by atoms with Crippen LogP contribution in [0.25, 0.3) is 11.1 Å². The standard InChI is InChI=1S/C15H16N2O4S/c1-3-21-15(18)13-8-12(9-17-10-13)11-4-6-14(7-5-11)22(19,20)16-2/h4-10,16H,3H2,1-2H3. The molecule has 1 N–H and O–H groups in total. The molecule has 2 aromatic rings. The van der Waals surface area contributed by atoms with E-state index in [2.05, 4.69) is 9.71 Å². The van der Waals surface area contributed by atoms with Crippen LogP contribution in [-0.4, -0.2) is 33.0 Å². The van der Waals surface area contributed by atoms with Gasteiger partial charge in [0.15, 0.2) is 0 Å². The molecule has 0 atom stereocenters. The summed E-state index contributed by atoms with van der Waals surface area (Å²) in [5.74, 6) is -0.439. The lowest BCUT2D eigenvalue weighted by molar-refractivity contribution is 0.0526. The normalized spacial score (nSPS) is 11.2. The maximum atomic E-state index is 11.7. The number of nitrogens with zero attached hydrogens (tertiary/aromatic N) is 1. The van der Waals surface area contributed by atoms with Crippen molar-refractivity contribution < 1.29 is 17.9 Å². The topological polar surface area (TPSA) is 85.4 Å². The zero-order valence-corrected chi connectivity index (χ0v) is 13.1. The number of ether oxygens (including phenoxy) is 1. The molecule has 0 spiro atoms. The van der Waals surface area contributed by atoms with Crippen LogP contribution in [0.4, 0.5) is 0 Å². The van der Waals surface area contributed by atoms with Crippen LogP contribution >= 0.6 is 0 Å². The van der Waals surface area contributed by atoms with Crippen LogP contribution in [0, 0.1) is 0 Å². The molecule has 116 valence electrons. The molecular weight excluding hydrogens is 304 g/mol. The first-order valence-corrected chi connectivity index (χ1v) is 8.12. The number of pyridine rings is 1. The number of esters is 1. The highest BCUT2D eigenvalue weighted by Gasteiger charge is 2.12. The number of aromatic nitrogens is 1. The molecule has 0 saturated heterocycles. The summed E-state index contributed by atoms with van der Waals surface area (Å²) in [5, 5.41) is 0. The molecule has 0 amide bonds. The van der Waals surface area contributed by atoms with Gasteiger partial charge >= 0.3 is 5.97 Å². The Kier molecular flexibility index (Phi) is 4.89. The molecule has 0 fully saturated rings. The van der Waals surface area contributed by atoms with Crippen LogP contribution in [0.5, 0.6) is 0 Å². The van der Waals surface area contributed by atoms with E-state index in [-0.39, 0.29) is 4.90 Å². The van der Waals surface area contributed by atoms with Crippen molar-refractivity contribution in [3.05, 3.63) is 48.3 Å². The molecule has 0 aliphatic heterocycles. The predicted octanol–water partition coefficient (Wildman–Crippen LogP) is 1.83. The Labute approximate surface area is 129 Å². The van der Waals surface area contributed by atoms with Crippen molar-refractivity contribution in [3.63, 3.8) is 0 Å². The van der Waals surface area contributed by atoms with Gasteiger partial charge in [-0.1, -0.05) is 12.1 Å². The van der Waals surface area contributed by atoms with Gasteiger partial charge in [0.2, 0.25) is 10.0 Å². The third-order valence-electron chi connectivity index (χ3n) is 3.02. The van der Waals surface area contributed by atoms with Crippen LogP contribution in [0.1, 0.15) is 17.3 Å². The van der Waals surface area contributed by atoms with E-state index in [1.54, 1.807) is 31.3 Å². The molecule has 0 saturated carbocycles. The molecule has 0 aliphatic carbocycles. The van der Waals surface area contributed by atoms with Crippen molar-refractivity contribution in [1.82, 2.24) is 9.71 Å². The average Bonchev–Trinajstić information content (AvgIpc) is 2.55. The minimum atomic E-state index is -3.47. The minimum Gasteiger partial charge on any atom is -0.462 e. The number of rotatable bonds is 5. The largest absolute Gasteiger partial charge is 0.462 e.